The third kappa shape index (κ3) is 2.14. The van der Waals surface area contributed by atoms with Gasteiger partial charge in [-0.1, -0.05) is 15.9 Å². The molecule has 0 atom stereocenters. The molecule has 4 rings (SSSR count). The second-order valence-corrected chi connectivity index (χ2v) is 5.04. The Balaban J connectivity index is 1.74. The zero-order valence-corrected chi connectivity index (χ0v) is 12.0. The molecule has 102 valence electrons. The van der Waals surface area contributed by atoms with Crippen LogP contribution in [-0.4, -0.2) is 45.5 Å². The summed E-state index contributed by atoms with van der Waals surface area (Å²) in [5.74, 6) is 0.992. The van der Waals surface area contributed by atoms with E-state index in [1.54, 1.807) is 12.1 Å². The Morgan fingerprint density at radius 1 is 0.857 bits per heavy atom. The number of hydrogen-bond acceptors (Lipinski definition) is 7. The van der Waals surface area contributed by atoms with Crippen molar-refractivity contribution in [2.24, 2.45) is 0 Å². The molecule has 0 unspecified atom stereocenters. The summed E-state index contributed by atoms with van der Waals surface area (Å²) in [5, 5.41) is 27.6. The van der Waals surface area contributed by atoms with Gasteiger partial charge in [0.1, 0.15) is 0 Å². The SMILES string of the molecule is Brc1ccc(-c2nnn(-c3ccc4nnnn4n3)n2)cc1. The molecule has 0 saturated carbocycles. The first-order valence-electron chi connectivity index (χ1n) is 5.91. The first kappa shape index (κ1) is 12.0. The zero-order valence-electron chi connectivity index (χ0n) is 10.4. The Morgan fingerprint density at radius 2 is 1.71 bits per heavy atom. The number of aromatic nitrogens is 9. The highest BCUT2D eigenvalue weighted by molar-refractivity contribution is 9.10. The number of rotatable bonds is 2. The lowest BCUT2D eigenvalue weighted by Crippen LogP contribution is -2.06. The molecule has 3 heterocycles. The molecule has 10 heteroatoms. The molecule has 0 bridgehead atoms. The topological polar surface area (TPSA) is 99.6 Å². The number of halogens is 1. The Hall–Kier alpha value is -2.75. The van der Waals surface area contributed by atoms with Crippen LogP contribution in [0.25, 0.3) is 22.9 Å². The van der Waals surface area contributed by atoms with Gasteiger partial charge < -0.3 is 0 Å². The molecule has 0 spiro atoms. The summed E-state index contributed by atoms with van der Waals surface area (Å²) in [4.78, 5) is 1.33. The van der Waals surface area contributed by atoms with Crippen LogP contribution in [0.5, 0.6) is 0 Å². The minimum Gasteiger partial charge on any atom is -0.125 e. The lowest BCUT2D eigenvalue weighted by atomic mass is 10.2. The molecule has 0 aliphatic heterocycles. The van der Waals surface area contributed by atoms with Crippen molar-refractivity contribution in [3.63, 3.8) is 0 Å². The van der Waals surface area contributed by atoms with Gasteiger partial charge in [-0.2, -0.15) is 0 Å². The van der Waals surface area contributed by atoms with Gasteiger partial charge in [0.2, 0.25) is 5.82 Å². The van der Waals surface area contributed by atoms with E-state index >= 15 is 0 Å². The highest BCUT2D eigenvalue weighted by Gasteiger charge is 2.09. The Labute approximate surface area is 125 Å². The van der Waals surface area contributed by atoms with Crippen molar-refractivity contribution >= 4 is 21.6 Å². The highest BCUT2D eigenvalue weighted by atomic mass is 79.9. The van der Waals surface area contributed by atoms with Gasteiger partial charge in [0.25, 0.3) is 0 Å². The second-order valence-electron chi connectivity index (χ2n) is 4.13. The van der Waals surface area contributed by atoms with Crippen molar-refractivity contribution < 1.29 is 0 Å². The van der Waals surface area contributed by atoms with E-state index < -0.39 is 0 Å². The first-order valence-corrected chi connectivity index (χ1v) is 6.71. The Kier molecular flexibility index (Phi) is 2.67. The number of hydrogen-bond donors (Lipinski definition) is 0. The first-order chi connectivity index (χ1) is 10.3. The van der Waals surface area contributed by atoms with Crippen molar-refractivity contribution in [3.05, 3.63) is 40.9 Å². The summed E-state index contributed by atoms with van der Waals surface area (Å²) >= 11 is 3.39. The Bertz CT molecular complexity index is 911. The van der Waals surface area contributed by atoms with Crippen LogP contribution >= 0.6 is 15.9 Å². The zero-order chi connectivity index (χ0) is 14.2. The lowest BCUT2D eigenvalue weighted by Gasteiger charge is -1.96. The summed E-state index contributed by atoms with van der Waals surface area (Å²) in [6.45, 7) is 0. The minimum atomic E-state index is 0.477. The van der Waals surface area contributed by atoms with Crippen LogP contribution < -0.4 is 0 Å². The van der Waals surface area contributed by atoms with Gasteiger partial charge >= 0.3 is 0 Å². The van der Waals surface area contributed by atoms with Gasteiger partial charge in [-0.25, -0.2) is 0 Å². The molecule has 0 aliphatic rings. The summed E-state index contributed by atoms with van der Waals surface area (Å²) < 4.78 is 2.29. The van der Waals surface area contributed by atoms with Gasteiger partial charge in [-0.3, -0.25) is 0 Å². The number of nitrogens with zero attached hydrogens (tertiary/aromatic N) is 9. The standard InChI is InChI=1S/C11H6BrN9/c12-8-3-1-7(2-4-8)11-14-18-21(16-11)10-6-5-9-13-17-19-20(9)15-10/h1-6H. The highest BCUT2D eigenvalue weighted by Crippen LogP contribution is 2.17. The average Bonchev–Trinajstić information content (AvgIpc) is 3.16. The van der Waals surface area contributed by atoms with Crippen molar-refractivity contribution in [2.45, 2.75) is 0 Å². The molecule has 0 aliphatic carbocycles. The molecule has 0 amide bonds. The van der Waals surface area contributed by atoms with Crippen molar-refractivity contribution in [1.82, 2.24) is 45.5 Å². The maximum atomic E-state index is 4.31. The van der Waals surface area contributed by atoms with Gasteiger partial charge in [0.15, 0.2) is 11.5 Å². The fourth-order valence-corrected chi connectivity index (χ4v) is 2.04. The Morgan fingerprint density at radius 3 is 2.57 bits per heavy atom. The summed E-state index contributed by atoms with van der Waals surface area (Å²) in [6.07, 6.45) is 0. The van der Waals surface area contributed by atoms with E-state index in [-0.39, 0.29) is 0 Å². The maximum Gasteiger partial charge on any atom is 0.205 e. The molecule has 4 aromatic rings. The predicted octanol–water partition coefficient (Wildman–Crippen LogP) is 0.924. The van der Waals surface area contributed by atoms with Crippen LogP contribution in [0.3, 0.4) is 0 Å². The van der Waals surface area contributed by atoms with Crippen LogP contribution in [-0.2, 0) is 0 Å². The molecule has 3 aromatic heterocycles. The van der Waals surface area contributed by atoms with Crippen LogP contribution in [0.2, 0.25) is 0 Å². The summed E-state index contributed by atoms with van der Waals surface area (Å²) in [7, 11) is 0. The molecular weight excluding hydrogens is 338 g/mol. The van der Waals surface area contributed by atoms with E-state index in [1.165, 1.54) is 9.43 Å². The minimum absolute atomic E-state index is 0.477. The van der Waals surface area contributed by atoms with E-state index in [4.69, 9.17) is 0 Å². The van der Waals surface area contributed by atoms with Crippen molar-refractivity contribution in [2.75, 3.05) is 0 Å². The van der Waals surface area contributed by atoms with Gasteiger partial charge in [0.05, 0.1) is 0 Å². The molecule has 0 radical (unpaired) electrons. The molecule has 9 nitrogen and oxygen atoms in total. The quantitative estimate of drug-likeness (QED) is 0.533. The van der Waals surface area contributed by atoms with Gasteiger partial charge in [-0.15, -0.1) is 29.8 Å². The van der Waals surface area contributed by atoms with E-state index in [1.807, 2.05) is 24.3 Å². The van der Waals surface area contributed by atoms with Crippen molar-refractivity contribution in [1.29, 1.82) is 0 Å². The van der Waals surface area contributed by atoms with Gasteiger partial charge in [0, 0.05) is 10.0 Å². The largest absolute Gasteiger partial charge is 0.205 e. The summed E-state index contributed by atoms with van der Waals surface area (Å²) in [5.41, 5.74) is 1.42. The van der Waals surface area contributed by atoms with Crippen LogP contribution in [0, 0.1) is 0 Å². The third-order valence-electron chi connectivity index (χ3n) is 2.78. The molecule has 0 N–H and O–H groups in total. The molecule has 0 fully saturated rings. The monoisotopic (exact) mass is 343 g/mol. The third-order valence-corrected chi connectivity index (χ3v) is 3.31. The molecular formula is C11H6BrN9. The normalized spacial score (nSPS) is 11.1. The van der Waals surface area contributed by atoms with E-state index in [9.17, 15) is 0 Å². The van der Waals surface area contributed by atoms with Crippen LogP contribution in [0.1, 0.15) is 0 Å². The van der Waals surface area contributed by atoms with E-state index in [0.717, 1.165) is 10.0 Å². The second kappa shape index (κ2) is 4.66. The van der Waals surface area contributed by atoms with Crippen molar-refractivity contribution in [3.8, 4) is 17.2 Å². The number of benzene rings is 1. The maximum absolute atomic E-state index is 4.31. The molecule has 1 aromatic carbocycles. The number of tetrazole rings is 2. The number of fused-ring (bicyclic) bond motifs is 1. The summed E-state index contributed by atoms with van der Waals surface area (Å²) in [6, 6.07) is 11.1. The van der Waals surface area contributed by atoms with Crippen LogP contribution in [0.4, 0.5) is 0 Å². The average molecular weight is 344 g/mol. The molecule has 21 heavy (non-hydrogen) atoms. The fourth-order valence-electron chi connectivity index (χ4n) is 1.77. The van der Waals surface area contributed by atoms with E-state index in [0.29, 0.717) is 17.3 Å². The van der Waals surface area contributed by atoms with E-state index in [2.05, 4.69) is 52.0 Å². The predicted molar refractivity (Wildman–Crippen MR) is 74.4 cm³/mol. The smallest absolute Gasteiger partial charge is 0.125 e. The lowest BCUT2D eigenvalue weighted by molar-refractivity contribution is 0.651. The van der Waals surface area contributed by atoms with Crippen LogP contribution in [0.15, 0.2) is 40.9 Å². The molecule has 0 saturated heterocycles. The fraction of sp³-hybridized carbons (Fsp3) is 0. The van der Waals surface area contributed by atoms with Gasteiger partial charge in [-0.05, 0) is 52.0 Å².